The Morgan fingerprint density at radius 1 is 1.64 bits per heavy atom. The first-order valence-electron chi connectivity index (χ1n) is 4.80. The Hall–Kier alpha value is -0.630. The molecule has 1 fully saturated rings. The van der Waals surface area contributed by atoms with Crippen LogP contribution < -0.4 is 0 Å². The summed E-state index contributed by atoms with van der Waals surface area (Å²) in [5.74, 6) is 0. The summed E-state index contributed by atoms with van der Waals surface area (Å²) in [4.78, 5) is 3.93. The van der Waals surface area contributed by atoms with Crippen LogP contribution in [0.3, 0.4) is 0 Å². The Labute approximate surface area is 88.3 Å². The summed E-state index contributed by atoms with van der Waals surface area (Å²) in [5, 5.41) is -0.111. The molecule has 76 valence electrons. The largest absolute Gasteiger partial charge is 0.265 e. The Morgan fingerprint density at radius 3 is 2.71 bits per heavy atom. The molecule has 3 atom stereocenters. The highest BCUT2D eigenvalue weighted by atomic mass is 35.5. The van der Waals surface area contributed by atoms with Crippen molar-refractivity contribution >= 4 is 11.6 Å². The zero-order chi connectivity index (χ0) is 10.2. The molecule has 1 saturated carbocycles. The summed E-state index contributed by atoms with van der Waals surface area (Å²) >= 11 is 6.19. The van der Waals surface area contributed by atoms with Gasteiger partial charge in [-0.1, -0.05) is 6.92 Å². The fourth-order valence-electron chi connectivity index (χ4n) is 1.61. The van der Waals surface area contributed by atoms with Gasteiger partial charge in [-0.15, -0.1) is 11.6 Å². The summed E-state index contributed by atoms with van der Waals surface area (Å²) in [6.07, 6.45) is 4.09. The molecule has 0 saturated heterocycles. The van der Waals surface area contributed by atoms with Crippen molar-refractivity contribution in [3.63, 3.8) is 0 Å². The lowest BCUT2D eigenvalue weighted by Gasteiger charge is -2.16. The van der Waals surface area contributed by atoms with Crippen LogP contribution in [0.25, 0.3) is 0 Å². The predicted octanol–water partition coefficient (Wildman–Crippen LogP) is 2.98. The second kappa shape index (κ2) is 3.50. The van der Waals surface area contributed by atoms with Gasteiger partial charge in [0.15, 0.2) is 0 Å². The van der Waals surface area contributed by atoms with E-state index in [2.05, 4.69) is 4.98 Å². The Bertz CT molecular complexity index is 316. The molecule has 1 aromatic rings. The van der Waals surface area contributed by atoms with Gasteiger partial charge in [0, 0.05) is 23.2 Å². The van der Waals surface area contributed by atoms with Crippen LogP contribution in [0, 0.1) is 5.41 Å². The van der Waals surface area contributed by atoms with E-state index in [0.29, 0.717) is 6.42 Å². The molecule has 1 heterocycles. The molecule has 0 radical (unpaired) electrons. The molecular weight excluding hydrogens is 201 g/mol. The monoisotopic (exact) mass is 213 g/mol. The number of halogens is 2. The average Bonchev–Trinajstić information content (AvgIpc) is 2.78. The quantitative estimate of drug-likeness (QED) is 0.704. The molecule has 2 rings (SSSR count). The number of alkyl halides is 2. The van der Waals surface area contributed by atoms with E-state index in [9.17, 15) is 4.39 Å². The summed E-state index contributed by atoms with van der Waals surface area (Å²) in [6.45, 7) is 1.91. The van der Waals surface area contributed by atoms with Crippen LogP contribution in [0.15, 0.2) is 24.5 Å². The molecule has 0 N–H and O–H groups in total. The molecule has 0 spiro atoms. The number of nitrogens with zero attached hydrogens (tertiary/aromatic N) is 1. The van der Waals surface area contributed by atoms with Gasteiger partial charge >= 0.3 is 0 Å². The number of aromatic nitrogens is 1. The van der Waals surface area contributed by atoms with Crippen molar-refractivity contribution in [1.29, 1.82) is 0 Å². The maximum absolute atomic E-state index is 13.0. The second-order valence-electron chi connectivity index (χ2n) is 4.20. The van der Waals surface area contributed by atoms with Crippen molar-refractivity contribution in [1.82, 2.24) is 4.98 Å². The van der Waals surface area contributed by atoms with Gasteiger partial charge in [0.2, 0.25) is 0 Å². The fraction of sp³-hybridized carbons (Fsp3) is 0.545. The molecule has 1 aromatic heterocycles. The molecule has 1 aliphatic carbocycles. The van der Waals surface area contributed by atoms with E-state index in [0.717, 1.165) is 12.0 Å². The smallest absolute Gasteiger partial charge is 0.108 e. The maximum Gasteiger partial charge on any atom is 0.108 e. The Morgan fingerprint density at radius 2 is 2.21 bits per heavy atom. The van der Waals surface area contributed by atoms with E-state index >= 15 is 0 Å². The van der Waals surface area contributed by atoms with E-state index in [-0.39, 0.29) is 10.8 Å². The van der Waals surface area contributed by atoms with Gasteiger partial charge in [-0.05, 0) is 30.5 Å². The van der Waals surface area contributed by atoms with Crippen molar-refractivity contribution in [2.45, 2.75) is 31.3 Å². The molecule has 0 aromatic carbocycles. The van der Waals surface area contributed by atoms with Crippen LogP contribution in [-0.2, 0) is 6.42 Å². The van der Waals surface area contributed by atoms with Gasteiger partial charge in [0.25, 0.3) is 0 Å². The summed E-state index contributed by atoms with van der Waals surface area (Å²) in [5.41, 5.74) is 0.825. The second-order valence-corrected chi connectivity index (χ2v) is 4.73. The highest BCUT2D eigenvalue weighted by molar-refractivity contribution is 6.21. The van der Waals surface area contributed by atoms with E-state index < -0.39 is 6.17 Å². The van der Waals surface area contributed by atoms with Gasteiger partial charge in [0.1, 0.15) is 6.17 Å². The number of rotatable bonds is 3. The van der Waals surface area contributed by atoms with Crippen molar-refractivity contribution in [2.24, 2.45) is 5.41 Å². The molecule has 14 heavy (non-hydrogen) atoms. The molecule has 0 bridgehead atoms. The zero-order valence-electron chi connectivity index (χ0n) is 8.08. The first-order valence-corrected chi connectivity index (χ1v) is 5.23. The third-order valence-corrected chi connectivity index (χ3v) is 3.71. The topological polar surface area (TPSA) is 12.9 Å². The number of hydrogen-bond donors (Lipinski definition) is 0. The van der Waals surface area contributed by atoms with Crippen LogP contribution in [0.2, 0.25) is 0 Å². The SMILES string of the molecule is CC1(C(Cl)Cc2ccncc2)CC1F. The minimum Gasteiger partial charge on any atom is -0.265 e. The van der Waals surface area contributed by atoms with Crippen molar-refractivity contribution < 1.29 is 4.39 Å². The van der Waals surface area contributed by atoms with E-state index in [4.69, 9.17) is 11.6 Å². The van der Waals surface area contributed by atoms with Crippen LogP contribution >= 0.6 is 11.6 Å². The summed E-state index contributed by atoms with van der Waals surface area (Å²) < 4.78 is 13.0. The van der Waals surface area contributed by atoms with Gasteiger partial charge in [-0.25, -0.2) is 4.39 Å². The number of hydrogen-bond acceptors (Lipinski definition) is 1. The van der Waals surface area contributed by atoms with Crippen molar-refractivity contribution in [3.8, 4) is 0 Å². The molecular formula is C11H13ClFN. The molecule has 0 aliphatic heterocycles. The number of pyridine rings is 1. The standard InChI is InChI=1S/C11H13ClFN/c1-11(7-10(11)13)9(12)6-8-2-4-14-5-3-8/h2-5,9-10H,6-7H2,1H3. The third-order valence-electron chi connectivity index (χ3n) is 3.05. The van der Waals surface area contributed by atoms with Crippen molar-refractivity contribution in [2.75, 3.05) is 0 Å². The first-order chi connectivity index (χ1) is 6.63. The van der Waals surface area contributed by atoms with E-state index in [1.165, 1.54) is 0 Å². The van der Waals surface area contributed by atoms with Gasteiger partial charge in [-0.3, -0.25) is 4.98 Å². The van der Waals surface area contributed by atoms with Gasteiger partial charge < -0.3 is 0 Å². The van der Waals surface area contributed by atoms with Crippen molar-refractivity contribution in [3.05, 3.63) is 30.1 Å². The Balaban J connectivity index is 1.99. The van der Waals surface area contributed by atoms with Crippen LogP contribution in [0.5, 0.6) is 0 Å². The summed E-state index contributed by atoms with van der Waals surface area (Å²) in [7, 11) is 0. The van der Waals surface area contributed by atoms with Crippen LogP contribution in [-0.4, -0.2) is 16.5 Å². The van der Waals surface area contributed by atoms with E-state index in [1.54, 1.807) is 12.4 Å². The third kappa shape index (κ3) is 1.76. The lowest BCUT2D eigenvalue weighted by atomic mass is 9.98. The normalized spacial score (nSPS) is 32.6. The molecule has 1 nitrogen and oxygen atoms in total. The molecule has 3 heteroatoms. The first kappa shape index (κ1) is 9.91. The minimum absolute atomic E-state index is 0.111. The highest BCUT2D eigenvalue weighted by Crippen LogP contribution is 2.53. The van der Waals surface area contributed by atoms with Crippen LogP contribution in [0.4, 0.5) is 4.39 Å². The van der Waals surface area contributed by atoms with Gasteiger partial charge in [-0.2, -0.15) is 0 Å². The Kier molecular flexibility index (Phi) is 2.48. The van der Waals surface area contributed by atoms with Crippen LogP contribution in [0.1, 0.15) is 18.9 Å². The average molecular weight is 214 g/mol. The highest BCUT2D eigenvalue weighted by Gasteiger charge is 2.55. The van der Waals surface area contributed by atoms with Gasteiger partial charge in [0.05, 0.1) is 0 Å². The zero-order valence-corrected chi connectivity index (χ0v) is 8.84. The minimum atomic E-state index is -0.716. The molecule has 0 amide bonds. The maximum atomic E-state index is 13.0. The lowest BCUT2D eigenvalue weighted by Crippen LogP contribution is -2.18. The molecule has 3 unspecified atom stereocenters. The predicted molar refractivity (Wildman–Crippen MR) is 55.2 cm³/mol. The molecule has 1 aliphatic rings. The lowest BCUT2D eigenvalue weighted by molar-refractivity contribution is 0.365. The summed E-state index contributed by atoms with van der Waals surface area (Å²) in [6, 6.07) is 3.85. The van der Waals surface area contributed by atoms with E-state index in [1.807, 2.05) is 19.1 Å². The fourth-order valence-corrected chi connectivity index (χ4v) is 2.01.